The zero-order valence-electron chi connectivity index (χ0n) is 9.40. The van der Waals surface area contributed by atoms with Gasteiger partial charge in [0.15, 0.2) is 9.84 Å². The Morgan fingerprint density at radius 3 is 2.44 bits per heavy atom. The van der Waals surface area contributed by atoms with Crippen molar-refractivity contribution in [3.05, 3.63) is 33.3 Å². The summed E-state index contributed by atoms with van der Waals surface area (Å²) in [5.41, 5.74) is 0.505. The van der Waals surface area contributed by atoms with Gasteiger partial charge >= 0.3 is 0 Å². The zero-order valence-corrected chi connectivity index (χ0v) is 12.6. The van der Waals surface area contributed by atoms with Gasteiger partial charge in [-0.25, -0.2) is 8.42 Å². The van der Waals surface area contributed by atoms with E-state index >= 15 is 0 Å². The van der Waals surface area contributed by atoms with E-state index in [1.807, 2.05) is 0 Å². The second-order valence-electron chi connectivity index (χ2n) is 4.07. The molecule has 0 bridgehead atoms. The summed E-state index contributed by atoms with van der Waals surface area (Å²) in [4.78, 5) is 13.7. The Morgan fingerprint density at radius 2 is 1.89 bits per heavy atom. The van der Waals surface area contributed by atoms with Crippen LogP contribution in [0.5, 0.6) is 0 Å². The summed E-state index contributed by atoms with van der Waals surface area (Å²) in [6, 6.07) is 4.92. The van der Waals surface area contributed by atoms with E-state index in [0.29, 0.717) is 15.1 Å². The van der Waals surface area contributed by atoms with Crippen LogP contribution >= 0.6 is 27.5 Å². The van der Waals surface area contributed by atoms with Crippen molar-refractivity contribution in [1.29, 1.82) is 0 Å². The van der Waals surface area contributed by atoms with Gasteiger partial charge in [-0.05, 0) is 34.1 Å². The summed E-state index contributed by atoms with van der Waals surface area (Å²) < 4.78 is 23.2. The van der Waals surface area contributed by atoms with Crippen LogP contribution in [0.25, 0.3) is 0 Å². The largest absolute Gasteiger partial charge is 0.337 e. The fraction of sp³-hybridized carbons (Fsp3) is 0.364. The molecule has 1 aliphatic rings. The van der Waals surface area contributed by atoms with Gasteiger partial charge in [0.2, 0.25) is 0 Å². The highest BCUT2D eigenvalue weighted by Crippen LogP contribution is 2.24. The molecule has 2 rings (SSSR count). The maximum absolute atomic E-state index is 12.1. The summed E-state index contributed by atoms with van der Waals surface area (Å²) in [6.45, 7) is 0.503. The molecule has 0 N–H and O–H groups in total. The smallest absolute Gasteiger partial charge is 0.253 e. The summed E-state index contributed by atoms with van der Waals surface area (Å²) in [6.07, 6.45) is 0. The molecule has 0 spiro atoms. The van der Waals surface area contributed by atoms with E-state index in [4.69, 9.17) is 11.6 Å². The van der Waals surface area contributed by atoms with Gasteiger partial charge in [-0.1, -0.05) is 11.6 Å². The Labute approximate surface area is 119 Å². The molecule has 7 heteroatoms. The van der Waals surface area contributed by atoms with Gasteiger partial charge in [0, 0.05) is 23.1 Å². The minimum absolute atomic E-state index is 0.0352. The van der Waals surface area contributed by atoms with Gasteiger partial charge < -0.3 is 4.90 Å². The van der Waals surface area contributed by atoms with Crippen LogP contribution in [0, 0.1) is 0 Å². The molecule has 1 fully saturated rings. The molecule has 18 heavy (non-hydrogen) atoms. The Balaban J connectivity index is 2.15. The minimum Gasteiger partial charge on any atom is -0.337 e. The van der Waals surface area contributed by atoms with Crippen molar-refractivity contribution in [1.82, 2.24) is 4.90 Å². The van der Waals surface area contributed by atoms with Crippen molar-refractivity contribution in [2.75, 3.05) is 24.6 Å². The normalized spacial score (nSPS) is 18.7. The number of halogens is 2. The Kier molecular flexibility index (Phi) is 3.99. The average Bonchev–Trinajstić information content (AvgIpc) is 2.32. The van der Waals surface area contributed by atoms with Gasteiger partial charge in [-0.3, -0.25) is 4.79 Å². The third kappa shape index (κ3) is 3.05. The molecule has 0 aliphatic carbocycles. The molecular weight excluding hydrogens is 342 g/mol. The van der Waals surface area contributed by atoms with Crippen LogP contribution in [-0.2, 0) is 9.84 Å². The Bertz CT molecular complexity index is 574. The molecule has 1 amide bonds. The maximum Gasteiger partial charge on any atom is 0.253 e. The summed E-state index contributed by atoms with van der Waals surface area (Å²) in [5.74, 6) is -0.0941. The number of hydrogen-bond acceptors (Lipinski definition) is 3. The van der Waals surface area contributed by atoms with Crippen molar-refractivity contribution in [2.45, 2.75) is 0 Å². The van der Waals surface area contributed by atoms with Crippen LogP contribution in [0.15, 0.2) is 22.7 Å². The molecule has 98 valence electrons. The number of benzene rings is 1. The lowest BCUT2D eigenvalue weighted by molar-refractivity contribution is 0.0770. The van der Waals surface area contributed by atoms with Crippen molar-refractivity contribution < 1.29 is 13.2 Å². The topological polar surface area (TPSA) is 54.5 Å². The van der Waals surface area contributed by atoms with Crippen LogP contribution in [0.1, 0.15) is 10.4 Å². The first-order valence-corrected chi connectivity index (χ1v) is 8.33. The standard InChI is InChI=1S/C11H11BrClNO3S/c12-9-7-8(1-2-10(9)13)11(15)14-3-5-18(16,17)6-4-14/h1-2,7H,3-6H2. The number of hydrogen-bond donors (Lipinski definition) is 0. The van der Waals surface area contributed by atoms with E-state index in [9.17, 15) is 13.2 Å². The highest BCUT2D eigenvalue weighted by atomic mass is 79.9. The van der Waals surface area contributed by atoms with Crippen molar-refractivity contribution in [3.63, 3.8) is 0 Å². The van der Waals surface area contributed by atoms with Gasteiger partial charge in [0.25, 0.3) is 5.91 Å². The molecule has 4 nitrogen and oxygen atoms in total. The zero-order chi connectivity index (χ0) is 13.3. The van der Waals surface area contributed by atoms with Crippen LogP contribution in [-0.4, -0.2) is 43.8 Å². The predicted molar refractivity (Wildman–Crippen MR) is 73.7 cm³/mol. The highest BCUT2D eigenvalue weighted by Gasteiger charge is 2.25. The lowest BCUT2D eigenvalue weighted by atomic mass is 10.2. The Hall–Kier alpha value is -0.590. The summed E-state index contributed by atoms with van der Waals surface area (Å²) in [7, 11) is -2.97. The monoisotopic (exact) mass is 351 g/mol. The number of amides is 1. The number of sulfone groups is 1. The third-order valence-corrected chi connectivity index (χ3v) is 5.62. The lowest BCUT2D eigenvalue weighted by Gasteiger charge is -2.26. The molecule has 0 atom stereocenters. The van der Waals surface area contributed by atoms with E-state index in [2.05, 4.69) is 15.9 Å². The lowest BCUT2D eigenvalue weighted by Crippen LogP contribution is -2.43. The number of rotatable bonds is 1. The van der Waals surface area contributed by atoms with Gasteiger partial charge in [-0.2, -0.15) is 0 Å². The second-order valence-corrected chi connectivity index (χ2v) is 7.64. The molecule has 1 heterocycles. The third-order valence-electron chi connectivity index (χ3n) is 2.80. The first kappa shape index (κ1) is 13.8. The maximum atomic E-state index is 12.1. The van der Waals surface area contributed by atoms with E-state index in [-0.39, 0.29) is 30.5 Å². The van der Waals surface area contributed by atoms with Gasteiger partial charge in [0.1, 0.15) is 0 Å². The van der Waals surface area contributed by atoms with Crippen LogP contribution < -0.4 is 0 Å². The quantitative estimate of drug-likeness (QED) is 0.776. The fourth-order valence-corrected chi connectivity index (χ4v) is 3.42. The van der Waals surface area contributed by atoms with Gasteiger partial charge in [-0.15, -0.1) is 0 Å². The minimum atomic E-state index is -2.97. The molecule has 0 unspecified atom stereocenters. The van der Waals surface area contributed by atoms with Crippen molar-refractivity contribution in [3.8, 4) is 0 Å². The molecule has 1 aromatic rings. The molecule has 1 saturated heterocycles. The molecular formula is C11H11BrClNO3S. The fourth-order valence-electron chi connectivity index (χ4n) is 1.73. The first-order valence-electron chi connectivity index (χ1n) is 5.34. The van der Waals surface area contributed by atoms with E-state index in [1.54, 1.807) is 23.1 Å². The summed E-state index contributed by atoms with van der Waals surface area (Å²) >= 11 is 9.12. The molecule has 0 saturated carbocycles. The number of nitrogens with zero attached hydrogens (tertiary/aromatic N) is 1. The van der Waals surface area contributed by atoms with E-state index in [1.165, 1.54) is 0 Å². The average molecular weight is 353 g/mol. The predicted octanol–water partition coefficient (Wildman–Crippen LogP) is 1.97. The molecule has 1 aromatic carbocycles. The van der Waals surface area contributed by atoms with Crippen molar-refractivity contribution >= 4 is 43.3 Å². The molecule has 0 radical (unpaired) electrons. The van der Waals surface area contributed by atoms with Crippen molar-refractivity contribution in [2.24, 2.45) is 0 Å². The van der Waals surface area contributed by atoms with E-state index < -0.39 is 9.84 Å². The van der Waals surface area contributed by atoms with E-state index in [0.717, 1.165) is 0 Å². The Morgan fingerprint density at radius 1 is 1.28 bits per heavy atom. The van der Waals surface area contributed by atoms with Crippen LogP contribution in [0.4, 0.5) is 0 Å². The van der Waals surface area contributed by atoms with Gasteiger partial charge in [0.05, 0.1) is 16.5 Å². The van der Waals surface area contributed by atoms with Crippen LogP contribution in [0.3, 0.4) is 0 Å². The first-order chi connectivity index (χ1) is 8.39. The second kappa shape index (κ2) is 5.19. The number of carbonyl (C=O) groups excluding carboxylic acids is 1. The number of carbonyl (C=O) groups is 1. The summed E-state index contributed by atoms with van der Waals surface area (Å²) in [5, 5.41) is 0.535. The highest BCUT2D eigenvalue weighted by molar-refractivity contribution is 9.10. The molecule has 0 aromatic heterocycles. The SMILES string of the molecule is O=C(c1ccc(Cl)c(Br)c1)N1CCS(=O)(=O)CC1. The van der Waals surface area contributed by atoms with Crippen LogP contribution in [0.2, 0.25) is 5.02 Å². The molecule has 1 aliphatic heterocycles.